The Labute approximate surface area is 142 Å². The van der Waals surface area contributed by atoms with E-state index in [1.54, 1.807) is 11.3 Å². The highest BCUT2D eigenvalue weighted by Crippen LogP contribution is 2.38. The summed E-state index contributed by atoms with van der Waals surface area (Å²) in [5.74, 6) is 0. The molecule has 122 valence electrons. The molecule has 1 aromatic carbocycles. The summed E-state index contributed by atoms with van der Waals surface area (Å²) in [6, 6.07) is 8.65. The zero-order valence-corrected chi connectivity index (χ0v) is 14.6. The molecular formula is C19H24N2OS. The molecule has 0 amide bonds. The highest BCUT2D eigenvalue weighted by molar-refractivity contribution is 7.13. The smallest absolute Gasteiger partial charge is 0.123 e. The Morgan fingerprint density at radius 2 is 2.13 bits per heavy atom. The number of likely N-dealkylation sites (tertiary alicyclic amines) is 1. The van der Waals surface area contributed by atoms with E-state index in [4.69, 9.17) is 9.72 Å². The second kappa shape index (κ2) is 6.34. The van der Waals surface area contributed by atoms with Crippen LogP contribution in [0.15, 0.2) is 29.6 Å². The number of rotatable bonds is 3. The van der Waals surface area contributed by atoms with Crippen LogP contribution in [0.2, 0.25) is 0 Å². The van der Waals surface area contributed by atoms with E-state index in [2.05, 4.69) is 41.5 Å². The van der Waals surface area contributed by atoms with Crippen LogP contribution >= 0.6 is 11.3 Å². The van der Waals surface area contributed by atoms with Crippen LogP contribution in [-0.4, -0.2) is 36.2 Å². The average Bonchev–Trinajstić information content (AvgIpc) is 3.17. The summed E-state index contributed by atoms with van der Waals surface area (Å²) in [7, 11) is 0. The van der Waals surface area contributed by atoms with E-state index in [0.29, 0.717) is 5.41 Å². The van der Waals surface area contributed by atoms with Crippen LogP contribution in [0.3, 0.4) is 0 Å². The molecule has 2 aromatic rings. The van der Waals surface area contributed by atoms with Crippen molar-refractivity contribution in [3.8, 4) is 10.6 Å². The van der Waals surface area contributed by atoms with Gasteiger partial charge < -0.3 is 4.74 Å². The lowest BCUT2D eigenvalue weighted by Crippen LogP contribution is -2.34. The normalized spacial score (nSPS) is 25.3. The Balaban J connectivity index is 1.41. The Morgan fingerprint density at radius 3 is 2.91 bits per heavy atom. The van der Waals surface area contributed by atoms with Crippen molar-refractivity contribution in [3.05, 3.63) is 40.9 Å². The molecule has 0 aliphatic carbocycles. The molecule has 3 heterocycles. The molecule has 1 atom stereocenters. The van der Waals surface area contributed by atoms with Crippen LogP contribution in [0, 0.1) is 12.3 Å². The van der Waals surface area contributed by atoms with Gasteiger partial charge in [0.25, 0.3) is 0 Å². The molecule has 1 spiro atoms. The molecule has 0 radical (unpaired) electrons. The Morgan fingerprint density at radius 1 is 1.26 bits per heavy atom. The Hall–Kier alpha value is -1.23. The van der Waals surface area contributed by atoms with Crippen molar-refractivity contribution in [1.82, 2.24) is 9.88 Å². The number of hydrogen-bond donors (Lipinski definition) is 0. The fourth-order valence-corrected chi connectivity index (χ4v) is 4.65. The number of aryl methyl sites for hydroxylation is 1. The molecule has 2 aliphatic rings. The molecule has 2 saturated heterocycles. The largest absolute Gasteiger partial charge is 0.381 e. The first-order chi connectivity index (χ1) is 11.2. The number of benzene rings is 1. The lowest BCUT2D eigenvalue weighted by molar-refractivity contribution is -0.00252. The summed E-state index contributed by atoms with van der Waals surface area (Å²) in [5, 5.41) is 3.35. The van der Waals surface area contributed by atoms with E-state index >= 15 is 0 Å². The van der Waals surface area contributed by atoms with Crippen LogP contribution in [0.25, 0.3) is 10.6 Å². The number of thiazole rings is 1. The SMILES string of the molecule is Cc1ccc(-c2nc(CN3CCC4(CCCOC4)C3)cs2)cc1. The predicted octanol–water partition coefficient (Wildman–Crippen LogP) is 4.12. The van der Waals surface area contributed by atoms with Crippen molar-refractivity contribution in [2.24, 2.45) is 5.41 Å². The van der Waals surface area contributed by atoms with Crippen molar-refractivity contribution in [1.29, 1.82) is 0 Å². The van der Waals surface area contributed by atoms with Gasteiger partial charge in [-0.25, -0.2) is 4.98 Å². The third-order valence-corrected chi connectivity index (χ3v) is 6.10. The summed E-state index contributed by atoms with van der Waals surface area (Å²) in [6.45, 7) is 7.35. The van der Waals surface area contributed by atoms with Gasteiger partial charge in [-0.3, -0.25) is 4.90 Å². The monoisotopic (exact) mass is 328 g/mol. The maximum absolute atomic E-state index is 5.74. The summed E-state index contributed by atoms with van der Waals surface area (Å²) in [4.78, 5) is 7.41. The molecule has 3 nitrogen and oxygen atoms in total. The van der Waals surface area contributed by atoms with Crippen LogP contribution in [0.5, 0.6) is 0 Å². The topological polar surface area (TPSA) is 25.4 Å². The molecule has 23 heavy (non-hydrogen) atoms. The van der Waals surface area contributed by atoms with E-state index < -0.39 is 0 Å². The van der Waals surface area contributed by atoms with Crippen LogP contribution < -0.4 is 0 Å². The summed E-state index contributed by atoms with van der Waals surface area (Å²) < 4.78 is 5.74. The first kappa shape index (κ1) is 15.3. The third-order valence-electron chi connectivity index (χ3n) is 5.16. The van der Waals surface area contributed by atoms with Gasteiger partial charge in [0.1, 0.15) is 5.01 Å². The van der Waals surface area contributed by atoms with Gasteiger partial charge in [-0.1, -0.05) is 29.8 Å². The van der Waals surface area contributed by atoms with Gasteiger partial charge in [0, 0.05) is 36.1 Å². The molecule has 2 aliphatic heterocycles. The van der Waals surface area contributed by atoms with Crippen molar-refractivity contribution in [3.63, 3.8) is 0 Å². The van der Waals surface area contributed by atoms with Gasteiger partial charge in [0.05, 0.1) is 12.3 Å². The predicted molar refractivity (Wildman–Crippen MR) is 94.7 cm³/mol. The number of aromatic nitrogens is 1. The van der Waals surface area contributed by atoms with Crippen LogP contribution in [-0.2, 0) is 11.3 Å². The molecule has 1 unspecified atom stereocenters. The van der Waals surface area contributed by atoms with Crippen molar-refractivity contribution >= 4 is 11.3 Å². The van der Waals surface area contributed by atoms with Gasteiger partial charge in [-0.2, -0.15) is 0 Å². The molecule has 0 bridgehead atoms. The molecule has 0 saturated carbocycles. The highest BCUT2D eigenvalue weighted by Gasteiger charge is 2.39. The molecule has 1 aromatic heterocycles. The zero-order chi connectivity index (χ0) is 15.7. The van der Waals surface area contributed by atoms with Crippen molar-refractivity contribution in [2.45, 2.75) is 32.7 Å². The minimum Gasteiger partial charge on any atom is -0.381 e. The fourth-order valence-electron chi connectivity index (χ4n) is 3.83. The first-order valence-electron chi connectivity index (χ1n) is 8.54. The van der Waals surface area contributed by atoms with Gasteiger partial charge in [0.15, 0.2) is 0 Å². The standard InChI is InChI=1S/C19H24N2OS/c1-15-3-5-16(6-4-15)18-20-17(12-23-18)11-21-9-8-19(13-21)7-2-10-22-14-19/h3-6,12H,2,7-11,13-14H2,1H3. The van der Waals surface area contributed by atoms with Crippen LogP contribution in [0.4, 0.5) is 0 Å². The maximum atomic E-state index is 5.74. The summed E-state index contributed by atoms with van der Waals surface area (Å²) in [6.07, 6.45) is 3.83. The van der Waals surface area contributed by atoms with Crippen molar-refractivity contribution in [2.75, 3.05) is 26.3 Å². The lowest BCUT2D eigenvalue weighted by atomic mass is 9.82. The fraction of sp³-hybridized carbons (Fsp3) is 0.526. The molecular weight excluding hydrogens is 304 g/mol. The summed E-state index contributed by atoms with van der Waals surface area (Å²) >= 11 is 1.76. The quantitative estimate of drug-likeness (QED) is 0.847. The number of ether oxygens (including phenoxy) is 1. The van der Waals surface area contributed by atoms with Gasteiger partial charge in [-0.15, -0.1) is 11.3 Å². The third kappa shape index (κ3) is 3.35. The minimum atomic E-state index is 0.425. The minimum absolute atomic E-state index is 0.425. The van der Waals surface area contributed by atoms with Crippen molar-refractivity contribution < 1.29 is 4.74 Å². The molecule has 2 fully saturated rings. The van der Waals surface area contributed by atoms with E-state index in [1.165, 1.54) is 49.2 Å². The van der Waals surface area contributed by atoms with Crippen LogP contribution in [0.1, 0.15) is 30.5 Å². The van der Waals surface area contributed by atoms with Gasteiger partial charge in [-0.05, 0) is 32.7 Å². The second-order valence-electron chi connectivity index (χ2n) is 7.13. The van der Waals surface area contributed by atoms with Gasteiger partial charge >= 0.3 is 0 Å². The zero-order valence-electron chi connectivity index (χ0n) is 13.8. The maximum Gasteiger partial charge on any atom is 0.123 e. The lowest BCUT2D eigenvalue weighted by Gasteiger charge is -2.33. The second-order valence-corrected chi connectivity index (χ2v) is 7.98. The van der Waals surface area contributed by atoms with E-state index in [9.17, 15) is 0 Å². The Bertz CT molecular complexity index is 658. The number of nitrogens with zero attached hydrogens (tertiary/aromatic N) is 2. The molecule has 0 N–H and O–H groups in total. The Kier molecular flexibility index (Phi) is 4.22. The van der Waals surface area contributed by atoms with E-state index in [-0.39, 0.29) is 0 Å². The van der Waals surface area contributed by atoms with E-state index in [0.717, 1.165) is 24.8 Å². The molecule has 4 rings (SSSR count). The van der Waals surface area contributed by atoms with E-state index in [1.807, 2.05) is 0 Å². The average molecular weight is 328 g/mol. The number of hydrogen-bond acceptors (Lipinski definition) is 4. The highest BCUT2D eigenvalue weighted by atomic mass is 32.1. The first-order valence-corrected chi connectivity index (χ1v) is 9.42. The summed E-state index contributed by atoms with van der Waals surface area (Å²) in [5.41, 5.74) is 4.15. The van der Waals surface area contributed by atoms with Gasteiger partial charge in [0.2, 0.25) is 0 Å². The molecule has 4 heteroatoms.